The zero-order valence-electron chi connectivity index (χ0n) is 9.29. The predicted octanol–water partition coefficient (Wildman–Crippen LogP) is 3.23. The van der Waals surface area contributed by atoms with Gasteiger partial charge in [-0.25, -0.2) is 0 Å². The van der Waals surface area contributed by atoms with Gasteiger partial charge in [-0.3, -0.25) is 4.79 Å². The van der Waals surface area contributed by atoms with Gasteiger partial charge in [-0.05, 0) is 6.42 Å². The Labute approximate surface area is 95.8 Å². The van der Waals surface area contributed by atoms with Gasteiger partial charge in [-0.15, -0.1) is 11.8 Å². The van der Waals surface area contributed by atoms with E-state index in [0.717, 1.165) is 18.6 Å². The molecule has 82 valence electrons. The van der Waals surface area contributed by atoms with E-state index in [1.165, 1.54) is 5.75 Å². The van der Waals surface area contributed by atoms with Crippen molar-refractivity contribution in [2.75, 3.05) is 11.5 Å². The van der Waals surface area contributed by atoms with Gasteiger partial charge < -0.3 is 0 Å². The molecule has 3 unspecified atom stereocenters. The van der Waals surface area contributed by atoms with Gasteiger partial charge in [0.1, 0.15) is 5.78 Å². The van der Waals surface area contributed by atoms with Crippen LogP contribution in [0.15, 0.2) is 0 Å². The van der Waals surface area contributed by atoms with Crippen LogP contribution in [0.4, 0.5) is 0 Å². The summed E-state index contributed by atoms with van der Waals surface area (Å²) in [6, 6.07) is 0. The number of thioether (sulfide) groups is 2. The van der Waals surface area contributed by atoms with Gasteiger partial charge in [-0.1, -0.05) is 27.2 Å². The lowest BCUT2D eigenvalue weighted by atomic mass is 9.97. The Morgan fingerprint density at radius 3 is 2.64 bits per heavy atom. The third kappa shape index (κ3) is 3.20. The topological polar surface area (TPSA) is 17.1 Å². The molecule has 1 aliphatic heterocycles. The van der Waals surface area contributed by atoms with E-state index in [4.69, 9.17) is 0 Å². The first-order chi connectivity index (χ1) is 6.66. The lowest BCUT2D eigenvalue weighted by molar-refractivity contribution is -0.122. The number of rotatable bonds is 4. The first-order valence-electron chi connectivity index (χ1n) is 5.43. The van der Waals surface area contributed by atoms with E-state index in [1.807, 2.05) is 23.5 Å². The first kappa shape index (κ1) is 12.4. The summed E-state index contributed by atoms with van der Waals surface area (Å²) < 4.78 is 0. The summed E-state index contributed by atoms with van der Waals surface area (Å²) in [6.45, 7) is 6.42. The van der Waals surface area contributed by atoms with E-state index in [1.54, 1.807) is 0 Å². The molecule has 0 spiro atoms. The van der Waals surface area contributed by atoms with Crippen molar-refractivity contribution in [3.63, 3.8) is 0 Å². The monoisotopic (exact) mass is 232 g/mol. The Bertz CT molecular complexity index is 194. The second kappa shape index (κ2) is 6.06. The molecule has 14 heavy (non-hydrogen) atoms. The molecular weight excluding hydrogens is 212 g/mol. The largest absolute Gasteiger partial charge is 0.298 e. The molecule has 0 amide bonds. The normalized spacial score (nSPS) is 29.9. The second-order valence-corrected chi connectivity index (χ2v) is 6.69. The van der Waals surface area contributed by atoms with E-state index in [2.05, 4.69) is 20.8 Å². The number of Topliss-reactive ketones (excluding diaryl/α,β-unsaturated/α-hetero) is 1. The Morgan fingerprint density at radius 1 is 1.43 bits per heavy atom. The fourth-order valence-corrected chi connectivity index (χ4v) is 4.64. The quantitative estimate of drug-likeness (QED) is 0.741. The first-order valence-corrected chi connectivity index (χ1v) is 7.53. The highest BCUT2D eigenvalue weighted by Crippen LogP contribution is 2.33. The summed E-state index contributed by atoms with van der Waals surface area (Å²) in [5.74, 6) is 3.09. The van der Waals surface area contributed by atoms with Gasteiger partial charge >= 0.3 is 0 Å². The smallest absolute Gasteiger partial charge is 0.149 e. The van der Waals surface area contributed by atoms with Crippen molar-refractivity contribution in [3.05, 3.63) is 0 Å². The summed E-state index contributed by atoms with van der Waals surface area (Å²) in [5, 5.41) is 0.774. The lowest BCUT2D eigenvalue weighted by Gasteiger charge is -2.28. The van der Waals surface area contributed by atoms with Crippen molar-refractivity contribution in [1.29, 1.82) is 0 Å². The van der Waals surface area contributed by atoms with Crippen molar-refractivity contribution in [2.24, 2.45) is 5.92 Å². The molecule has 0 saturated carbocycles. The van der Waals surface area contributed by atoms with Crippen LogP contribution in [0.25, 0.3) is 0 Å². The highest BCUT2D eigenvalue weighted by molar-refractivity contribution is 8.07. The van der Waals surface area contributed by atoms with Crippen molar-refractivity contribution >= 4 is 29.3 Å². The van der Waals surface area contributed by atoms with Gasteiger partial charge in [-0.2, -0.15) is 11.8 Å². The van der Waals surface area contributed by atoms with Gasteiger partial charge in [0.2, 0.25) is 0 Å². The maximum atomic E-state index is 12.1. The molecule has 0 bridgehead atoms. The maximum absolute atomic E-state index is 12.1. The Balaban J connectivity index is 2.49. The average molecular weight is 232 g/mol. The predicted molar refractivity (Wildman–Crippen MR) is 67.2 cm³/mol. The van der Waals surface area contributed by atoms with Crippen LogP contribution in [-0.4, -0.2) is 27.8 Å². The zero-order valence-corrected chi connectivity index (χ0v) is 10.9. The molecule has 1 rings (SSSR count). The van der Waals surface area contributed by atoms with Crippen LogP contribution in [0, 0.1) is 5.92 Å². The SMILES string of the molecule is CCCC(C)C(=O)C1SCCSC1C. The van der Waals surface area contributed by atoms with Crippen LogP contribution < -0.4 is 0 Å². The van der Waals surface area contributed by atoms with Gasteiger partial charge in [0, 0.05) is 22.7 Å². The van der Waals surface area contributed by atoms with Crippen LogP contribution >= 0.6 is 23.5 Å². The van der Waals surface area contributed by atoms with Gasteiger partial charge in [0.25, 0.3) is 0 Å². The highest BCUT2D eigenvalue weighted by atomic mass is 32.2. The maximum Gasteiger partial charge on any atom is 0.149 e. The molecule has 1 nitrogen and oxygen atoms in total. The summed E-state index contributed by atoms with van der Waals surface area (Å²) in [7, 11) is 0. The summed E-state index contributed by atoms with van der Waals surface area (Å²) in [6.07, 6.45) is 2.17. The number of hydrogen-bond acceptors (Lipinski definition) is 3. The Kier molecular flexibility index (Phi) is 5.39. The third-order valence-electron chi connectivity index (χ3n) is 2.68. The molecule has 0 aromatic heterocycles. The van der Waals surface area contributed by atoms with Crippen molar-refractivity contribution in [2.45, 2.75) is 44.1 Å². The Hall–Kier alpha value is 0.370. The lowest BCUT2D eigenvalue weighted by Crippen LogP contribution is -2.34. The zero-order chi connectivity index (χ0) is 10.6. The number of hydrogen-bond donors (Lipinski definition) is 0. The molecule has 3 atom stereocenters. The number of carbonyl (C=O) groups is 1. The van der Waals surface area contributed by atoms with E-state index in [0.29, 0.717) is 11.0 Å². The molecule has 1 saturated heterocycles. The van der Waals surface area contributed by atoms with Crippen LogP contribution in [0.2, 0.25) is 0 Å². The van der Waals surface area contributed by atoms with Crippen molar-refractivity contribution in [1.82, 2.24) is 0 Å². The minimum Gasteiger partial charge on any atom is -0.298 e. The molecule has 0 aromatic carbocycles. The summed E-state index contributed by atoms with van der Waals surface area (Å²) >= 11 is 3.81. The van der Waals surface area contributed by atoms with Crippen LogP contribution in [0.3, 0.4) is 0 Å². The minimum atomic E-state index is 0.260. The summed E-state index contributed by atoms with van der Waals surface area (Å²) in [4.78, 5) is 12.1. The van der Waals surface area contributed by atoms with Crippen LogP contribution in [0.1, 0.15) is 33.6 Å². The average Bonchev–Trinajstić information content (AvgIpc) is 2.18. The minimum absolute atomic E-state index is 0.260. The fraction of sp³-hybridized carbons (Fsp3) is 0.909. The molecule has 0 aliphatic carbocycles. The molecule has 0 radical (unpaired) electrons. The second-order valence-electron chi connectivity index (χ2n) is 3.96. The van der Waals surface area contributed by atoms with Gasteiger partial charge in [0.05, 0.1) is 5.25 Å². The van der Waals surface area contributed by atoms with Crippen LogP contribution in [-0.2, 0) is 4.79 Å². The van der Waals surface area contributed by atoms with E-state index in [-0.39, 0.29) is 11.2 Å². The molecule has 1 fully saturated rings. The molecule has 3 heteroatoms. The highest BCUT2D eigenvalue weighted by Gasteiger charge is 2.31. The molecule has 0 aromatic rings. The van der Waals surface area contributed by atoms with E-state index < -0.39 is 0 Å². The third-order valence-corrected chi connectivity index (χ3v) is 5.78. The standard InChI is InChI=1S/C11H20OS2/c1-4-5-8(2)10(12)11-9(3)13-6-7-14-11/h8-9,11H,4-7H2,1-3H3. The molecule has 0 N–H and O–H groups in total. The van der Waals surface area contributed by atoms with Crippen molar-refractivity contribution in [3.8, 4) is 0 Å². The molecular formula is C11H20OS2. The van der Waals surface area contributed by atoms with Crippen LogP contribution in [0.5, 0.6) is 0 Å². The number of ketones is 1. The summed E-state index contributed by atoms with van der Waals surface area (Å²) in [5.41, 5.74) is 0. The molecule has 1 heterocycles. The van der Waals surface area contributed by atoms with E-state index >= 15 is 0 Å². The van der Waals surface area contributed by atoms with E-state index in [9.17, 15) is 4.79 Å². The van der Waals surface area contributed by atoms with Gasteiger partial charge in [0.15, 0.2) is 0 Å². The van der Waals surface area contributed by atoms with Crippen molar-refractivity contribution < 1.29 is 4.79 Å². The fourth-order valence-electron chi connectivity index (χ4n) is 1.80. The number of carbonyl (C=O) groups excluding carboxylic acids is 1. The Morgan fingerprint density at radius 2 is 2.07 bits per heavy atom. The molecule has 1 aliphatic rings.